The van der Waals surface area contributed by atoms with Crippen molar-refractivity contribution in [2.75, 3.05) is 5.73 Å². The van der Waals surface area contributed by atoms with Gasteiger partial charge in [-0.3, -0.25) is 4.79 Å². The second-order valence-corrected chi connectivity index (χ2v) is 3.70. The number of ether oxygens (including phenoxy) is 1. The van der Waals surface area contributed by atoms with Crippen molar-refractivity contribution in [3.63, 3.8) is 0 Å². The summed E-state index contributed by atoms with van der Waals surface area (Å²) in [6, 6.07) is 0.00508. The first-order valence-electron chi connectivity index (χ1n) is 4.94. The first-order valence-corrected chi connectivity index (χ1v) is 4.94. The molecular formula is C9H14N4O2. The Balaban J connectivity index is 2.17. The fraction of sp³-hybridized carbons (Fsp3) is 0.556. The molecule has 2 rings (SSSR count). The molecule has 1 aliphatic rings. The number of nitrogens with zero attached hydrogens (tertiary/aromatic N) is 1. The van der Waals surface area contributed by atoms with Crippen LogP contribution in [0.1, 0.15) is 19.3 Å². The molecule has 82 valence electrons. The molecule has 1 heterocycles. The second-order valence-electron chi connectivity index (χ2n) is 3.70. The van der Waals surface area contributed by atoms with Crippen molar-refractivity contribution < 1.29 is 4.74 Å². The molecule has 2 atom stereocenters. The van der Waals surface area contributed by atoms with Crippen LogP contribution in [0.2, 0.25) is 0 Å². The molecule has 6 heteroatoms. The quantitative estimate of drug-likeness (QED) is 0.616. The summed E-state index contributed by atoms with van der Waals surface area (Å²) in [6.07, 6.45) is 4.05. The number of anilines is 1. The molecule has 0 amide bonds. The largest absolute Gasteiger partial charge is 0.471 e. The number of H-pyrrole nitrogens is 1. The molecule has 5 N–H and O–H groups in total. The van der Waals surface area contributed by atoms with Crippen molar-refractivity contribution in [3.8, 4) is 5.88 Å². The molecule has 0 aromatic carbocycles. The Bertz CT molecular complexity index is 403. The van der Waals surface area contributed by atoms with Crippen LogP contribution in [-0.4, -0.2) is 22.1 Å². The molecule has 2 unspecified atom stereocenters. The minimum absolute atomic E-state index is 0.00508. The Morgan fingerprint density at radius 3 is 3.00 bits per heavy atom. The van der Waals surface area contributed by atoms with Crippen LogP contribution >= 0.6 is 0 Å². The van der Waals surface area contributed by atoms with Gasteiger partial charge in [0, 0.05) is 6.04 Å². The van der Waals surface area contributed by atoms with E-state index >= 15 is 0 Å². The lowest BCUT2D eigenvalue weighted by Crippen LogP contribution is -2.34. The van der Waals surface area contributed by atoms with Gasteiger partial charge in [-0.1, -0.05) is 0 Å². The molecule has 0 aliphatic heterocycles. The number of aromatic amines is 1. The van der Waals surface area contributed by atoms with Gasteiger partial charge in [-0.25, -0.2) is 4.98 Å². The lowest BCUT2D eigenvalue weighted by atomic mass is 10.2. The van der Waals surface area contributed by atoms with Gasteiger partial charge in [0.25, 0.3) is 5.56 Å². The summed E-state index contributed by atoms with van der Waals surface area (Å²) in [4.78, 5) is 17.4. The normalized spacial score (nSPS) is 25.4. The Labute approximate surface area is 86.6 Å². The van der Waals surface area contributed by atoms with Gasteiger partial charge < -0.3 is 21.2 Å². The number of hydrogen-bond acceptors (Lipinski definition) is 5. The van der Waals surface area contributed by atoms with Crippen molar-refractivity contribution in [2.24, 2.45) is 5.73 Å². The highest BCUT2D eigenvalue weighted by atomic mass is 16.5. The summed E-state index contributed by atoms with van der Waals surface area (Å²) in [7, 11) is 0. The summed E-state index contributed by atoms with van der Waals surface area (Å²) in [6.45, 7) is 0. The highest BCUT2D eigenvalue weighted by Gasteiger charge is 2.26. The Morgan fingerprint density at radius 1 is 1.53 bits per heavy atom. The lowest BCUT2D eigenvalue weighted by molar-refractivity contribution is 0.184. The molecule has 1 fully saturated rings. The van der Waals surface area contributed by atoms with Crippen LogP contribution in [0, 0.1) is 0 Å². The van der Waals surface area contributed by atoms with E-state index in [0.717, 1.165) is 19.3 Å². The van der Waals surface area contributed by atoms with Crippen molar-refractivity contribution in [1.82, 2.24) is 9.97 Å². The molecule has 0 bridgehead atoms. The first kappa shape index (κ1) is 9.97. The minimum atomic E-state index is -0.383. The average Bonchev–Trinajstić information content (AvgIpc) is 2.60. The standard InChI is InChI=1S/C9H14N4O2/c10-5-2-1-3-6(5)15-9-7(11)8(14)12-4-13-9/h4-6H,1-3,10-11H2,(H,12,13,14). The number of hydrogen-bond donors (Lipinski definition) is 3. The molecule has 0 saturated heterocycles. The SMILES string of the molecule is Nc1c(OC2CCCC2N)nc[nH]c1=O. The lowest BCUT2D eigenvalue weighted by Gasteiger charge is -2.17. The van der Waals surface area contributed by atoms with Gasteiger partial charge in [-0.15, -0.1) is 0 Å². The van der Waals surface area contributed by atoms with E-state index in [4.69, 9.17) is 16.2 Å². The predicted octanol–water partition coefficient (Wildman–Crippen LogP) is -0.389. The summed E-state index contributed by atoms with van der Waals surface area (Å²) in [5.74, 6) is 0.182. The van der Waals surface area contributed by atoms with E-state index in [1.165, 1.54) is 6.33 Å². The smallest absolute Gasteiger partial charge is 0.277 e. The molecule has 6 nitrogen and oxygen atoms in total. The van der Waals surface area contributed by atoms with Crippen molar-refractivity contribution >= 4 is 5.69 Å². The molecule has 1 saturated carbocycles. The number of nitrogen functional groups attached to an aromatic ring is 1. The summed E-state index contributed by atoms with van der Waals surface area (Å²) >= 11 is 0. The zero-order chi connectivity index (χ0) is 10.8. The molecular weight excluding hydrogens is 196 g/mol. The van der Waals surface area contributed by atoms with Crippen LogP contribution in [0.5, 0.6) is 5.88 Å². The summed E-state index contributed by atoms with van der Waals surface area (Å²) < 4.78 is 5.52. The fourth-order valence-electron chi connectivity index (χ4n) is 1.73. The second kappa shape index (κ2) is 3.90. The molecule has 0 spiro atoms. The van der Waals surface area contributed by atoms with Crippen LogP contribution in [0.4, 0.5) is 5.69 Å². The van der Waals surface area contributed by atoms with Gasteiger partial charge >= 0.3 is 0 Å². The number of rotatable bonds is 2. The maximum atomic E-state index is 11.2. The average molecular weight is 210 g/mol. The van der Waals surface area contributed by atoms with Gasteiger partial charge in [0.05, 0.1) is 6.33 Å². The maximum Gasteiger partial charge on any atom is 0.277 e. The third kappa shape index (κ3) is 1.94. The van der Waals surface area contributed by atoms with Crippen molar-refractivity contribution in [2.45, 2.75) is 31.4 Å². The van der Waals surface area contributed by atoms with Gasteiger partial charge in [0.2, 0.25) is 5.88 Å². The first-order chi connectivity index (χ1) is 7.18. The molecule has 15 heavy (non-hydrogen) atoms. The van der Waals surface area contributed by atoms with E-state index in [9.17, 15) is 4.79 Å². The minimum Gasteiger partial charge on any atom is -0.471 e. The van der Waals surface area contributed by atoms with Crippen LogP contribution < -0.4 is 21.8 Å². The van der Waals surface area contributed by atoms with E-state index in [1.807, 2.05) is 0 Å². The van der Waals surface area contributed by atoms with E-state index in [0.29, 0.717) is 0 Å². The van der Waals surface area contributed by atoms with E-state index < -0.39 is 0 Å². The van der Waals surface area contributed by atoms with Gasteiger partial charge in [0.1, 0.15) is 6.10 Å². The Hall–Kier alpha value is -1.56. The van der Waals surface area contributed by atoms with Crippen LogP contribution in [0.25, 0.3) is 0 Å². The number of nitrogens with one attached hydrogen (secondary N) is 1. The van der Waals surface area contributed by atoms with Crippen molar-refractivity contribution in [1.29, 1.82) is 0 Å². The molecule has 0 radical (unpaired) electrons. The fourth-order valence-corrected chi connectivity index (χ4v) is 1.73. The van der Waals surface area contributed by atoms with E-state index in [-0.39, 0.29) is 29.3 Å². The topological polar surface area (TPSA) is 107 Å². The van der Waals surface area contributed by atoms with E-state index in [2.05, 4.69) is 9.97 Å². The van der Waals surface area contributed by atoms with Crippen molar-refractivity contribution in [3.05, 3.63) is 16.7 Å². The summed E-state index contributed by atoms with van der Waals surface area (Å²) in [5, 5.41) is 0. The van der Waals surface area contributed by atoms with Crippen LogP contribution in [0.3, 0.4) is 0 Å². The van der Waals surface area contributed by atoms with Crippen LogP contribution in [0.15, 0.2) is 11.1 Å². The highest BCUT2D eigenvalue weighted by molar-refractivity contribution is 5.44. The van der Waals surface area contributed by atoms with Gasteiger partial charge in [0.15, 0.2) is 5.69 Å². The molecule has 1 aliphatic carbocycles. The predicted molar refractivity (Wildman–Crippen MR) is 55.5 cm³/mol. The maximum absolute atomic E-state index is 11.2. The van der Waals surface area contributed by atoms with Crippen LogP contribution in [-0.2, 0) is 0 Å². The monoisotopic (exact) mass is 210 g/mol. The van der Waals surface area contributed by atoms with Gasteiger partial charge in [-0.05, 0) is 19.3 Å². The molecule has 1 aromatic rings. The Kier molecular flexibility index (Phi) is 2.59. The highest BCUT2D eigenvalue weighted by Crippen LogP contribution is 2.23. The zero-order valence-electron chi connectivity index (χ0n) is 8.27. The number of aromatic nitrogens is 2. The summed E-state index contributed by atoms with van der Waals surface area (Å²) in [5.41, 5.74) is 11.0. The van der Waals surface area contributed by atoms with Gasteiger partial charge in [-0.2, -0.15) is 0 Å². The third-order valence-electron chi connectivity index (χ3n) is 2.62. The number of nitrogens with two attached hydrogens (primary N) is 2. The zero-order valence-corrected chi connectivity index (χ0v) is 8.27. The third-order valence-corrected chi connectivity index (χ3v) is 2.62. The van der Waals surface area contributed by atoms with E-state index in [1.54, 1.807) is 0 Å². The molecule has 1 aromatic heterocycles. The Morgan fingerprint density at radius 2 is 2.33 bits per heavy atom.